The third-order valence-corrected chi connectivity index (χ3v) is 3.35. The summed E-state index contributed by atoms with van der Waals surface area (Å²) in [6.45, 7) is 3.21. The molecule has 1 aromatic heterocycles. The van der Waals surface area contributed by atoms with E-state index in [1.54, 1.807) is 37.5 Å². The van der Waals surface area contributed by atoms with Crippen LogP contribution in [-0.2, 0) is 4.79 Å². The van der Waals surface area contributed by atoms with Crippen molar-refractivity contribution in [1.82, 2.24) is 19.8 Å². The summed E-state index contributed by atoms with van der Waals surface area (Å²) in [4.78, 5) is 26.7. The largest absolute Gasteiger partial charge is 0.348 e. The SMILES string of the molecule is CN1CCN(c2ncccn2)C[C@@H](C(=O)N(C)C)C1. The molecule has 1 atom stereocenters. The first-order valence-corrected chi connectivity index (χ1v) is 6.49. The van der Waals surface area contributed by atoms with Gasteiger partial charge in [0, 0.05) is 52.7 Å². The maximum Gasteiger partial charge on any atom is 0.228 e. The van der Waals surface area contributed by atoms with Crippen LogP contribution in [0.3, 0.4) is 0 Å². The smallest absolute Gasteiger partial charge is 0.228 e. The first kappa shape index (κ1) is 13.7. The number of nitrogens with zero attached hydrogens (tertiary/aromatic N) is 5. The van der Waals surface area contributed by atoms with Gasteiger partial charge in [0.2, 0.25) is 11.9 Å². The Labute approximate surface area is 114 Å². The average Bonchev–Trinajstić information content (AvgIpc) is 2.61. The van der Waals surface area contributed by atoms with Crippen molar-refractivity contribution in [3.63, 3.8) is 0 Å². The first-order chi connectivity index (χ1) is 9.08. The van der Waals surface area contributed by atoms with Gasteiger partial charge < -0.3 is 14.7 Å². The molecule has 0 aliphatic carbocycles. The van der Waals surface area contributed by atoms with E-state index >= 15 is 0 Å². The van der Waals surface area contributed by atoms with Crippen LogP contribution in [0.25, 0.3) is 0 Å². The minimum absolute atomic E-state index is 0.0358. The molecule has 0 N–H and O–H groups in total. The first-order valence-electron chi connectivity index (χ1n) is 6.49. The van der Waals surface area contributed by atoms with E-state index in [9.17, 15) is 4.79 Å². The van der Waals surface area contributed by atoms with E-state index in [2.05, 4.69) is 19.8 Å². The van der Waals surface area contributed by atoms with Crippen molar-refractivity contribution in [2.75, 3.05) is 52.2 Å². The van der Waals surface area contributed by atoms with Gasteiger partial charge >= 0.3 is 0 Å². The van der Waals surface area contributed by atoms with Crippen molar-refractivity contribution in [1.29, 1.82) is 0 Å². The van der Waals surface area contributed by atoms with E-state index in [4.69, 9.17) is 0 Å². The summed E-state index contributed by atoms with van der Waals surface area (Å²) in [6.07, 6.45) is 3.47. The van der Waals surface area contributed by atoms with E-state index in [0.29, 0.717) is 12.5 Å². The van der Waals surface area contributed by atoms with Crippen LogP contribution in [0.5, 0.6) is 0 Å². The summed E-state index contributed by atoms with van der Waals surface area (Å²) in [5, 5.41) is 0. The van der Waals surface area contributed by atoms with E-state index in [0.717, 1.165) is 19.6 Å². The van der Waals surface area contributed by atoms with Gasteiger partial charge in [0.05, 0.1) is 5.92 Å². The predicted octanol–water partition coefficient (Wildman–Crippen LogP) is -0.0672. The Kier molecular flexibility index (Phi) is 4.31. The molecule has 0 bridgehead atoms. The molecule has 1 aliphatic heterocycles. The van der Waals surface area contributed by atoms with Gasteiger partial charge in [-0.2, -0.15) is 0 Å². The van der Waals surface area contributed by atoms with Gasteiger partial charge in [0.1, 0.15) is 0 Å². The zero-order chi connectivity index (χ0) is 13.8. The molecule has 1 aliphatic rings. The van der Waals surface area contributed by atoms with E-state index in [-0.39, 0.29) is 11.8 Å². The van der Waals surface area contributed by atoms with E-state index < -0.39 is 0 Å². The van der Waals surface area contributed by atoms with Crippen molar-refractivity contribution >= 4 is 11.9 Å². The van der Waals surface area contributed by atoms with E-state index in [1.165, 1.54) is 0 Å². The lowest BCUT2D eigenvalue weighted by molar-refractivity contribution is -0.133. The van der Waals surface area contributed by atoms with Gasteiger partial charge in [-0.15, -0.1) is 0 Å². The van der Waals surface area contributed by atoms with Gasteiger partial charge in [-0.05, 0) is 13.1 Å². The van der Waals surface area contributed by atoms with Crippen molar-refractivity contribution < 1.29 is 4.79 Å². The number of carbonyl (C=O) groups is 1. The molecule has 1 fully saturated rings. The maximum atomic E-state index is 12.2. The van der Waals surface area contributed by atoms with Crippen LogP contribution >= 0.6 is 0 Å². The van der Waals surface area contributed by atoms with Gasteiger partial charge in [0.15, 0.2) is 0 Å². The monoisotopic (exact) mass is 263 g/mol. The molecule has 2 heterocycles. The van der Waals surface area contributed by atoms with Crippen LogP contribution in [0, 0.1) is 5.92 Å². The summed E-state index contributed by atoms with van der Waals surface area (Å²) >= 11 is 0. The highest BCUT2D eigenvalue weighted by Crippen LogP contribution is 2.15. The van der Waals surface area contributed by atoms with Gasteiger partial charge in [-0.1, -0.05) is 0 Å². The number of aromatic nitrogens is 2. The minimum Gasteiger partial charge on any atom is -0.348 e. The highest BCUT2D eigenvalue weighted by Gasteiger charge is 2.28. The number of likely N-dealkylation sites (N-methyl/N-ethyl adjacent to an activating group) is 1. The predicted molar refractivity (Wildman–Crippen MR) is 73.9 cm³/mol. The molecule has 0 unspecified atom stereocenters. The average molecular weight is 263 g/mol. The van der Waals surface area contributed by atoms with Crippen LogP contribution in [0.1, 0.15) is 0 Å². The highest BCUT2D eigenvalue weighted by atomic mass is 16.2. The number of carbonyl (C=O) groups excluding carboxylic acids is 1. The lowest BCUT2D eigenvalue weighted by atomic mass is 10.1. The van der Waals surface area contributed by atoms with Crippen molar-refractivity contribution in [2.45, 2.75) is 0 Å². The summed E-state index contributed by atoms with van der Waals surface area (Å²) < 4.78 is 0. The van der Waals surface area contributed by atoms with Crippen LogP contribution < -0.4 is 4.90 Å². The Hall–Kier alpha value is -1.69. The number of amides is 1. The molecule has 19 heavy (non-hydrogen) atoms. The Balaban J connectivity index is 2.16. The third kappa shape index (κ3) is 3.41. The summed E-state index contributed by atoms with van der Waals surface area (Å²) in [6, 6.07) is 1.80. The fraction of sp³-hybridized carbons (Fsp3) is 0.615. The molecule has 0 spiro atoms. The topological polar surface area (TPSA) is 52.6 Å². The quantitative estimate of drug-likeness (QED) is 0.748. The third-order valence-electron chi connectivity index (χ3n) is 3.35. The summed E-state index contributed by atoms with van der Waals surface area (Å²) in [5.74, 6) is 0.829. The van der Waals surface area contributed by atoms with Crippen LogP contribution in [0.4, 0.5) is 5.95 Å². The zero-order valence-electron chi connectivity index (χ0n) is 11.8. The van der Waals surface area contributed by atoms with Gasteiger partial charge in [-0.25, -0.2) is 9.97 Å². The molecule has 1 amide bonds. The second kappa shape index (κ2) is 5.97. The lowest BCUT2D eigenvalue weighted by Crippen LogP contribution is -2.40. The van der Waals surface area contributed by atoms with Crippen LogP contribution in [0.15, 0.2) is 18.5 Å². The van der Waals surface area contributed by atoms with E-state index in [1.807, 2.05) is 7.05 Å². The standard InChI is InChI=1S/C13H21N5O/c1-16(2)12(19)11-9-17(3)7-8-18(10-11)13-14-5-4-6-15-13/h4-6,11H,7-10H2,1-3H3/t11-/m0/s1. The van der Waals surface area contributed by atoms with Crippen LogP contribution in [0.2, 0.25) is 0 Å². The molecule has 2 rings (SSSR count). The molecule has 1 saturated heterocycles. The van der Waals surface area contributed by atoms with Gasteiger partial charge in [0.25, 0.3) is 0 Å². The molecule has 0 aromatic carbocycles. The van der Waals surface area contributed by atoms with Crippen molar-refractivity contribution in [2.24, 2.45) is 5.92 Å². The molecule has 104 valence electrons. The summed E-state index contributed by atoms with van der Waals surface area (Å²) in [5.41, 5.74) is 0. The van der Waals surface area contributed by atoms with Gasteiger partial charge in [-0.3, -0.25) is 4.79 Å². The highest BCUT2D eigenvalue weighted by molar-refractivity contribution is 5.79. The normalized spacial score (nSPS) is 21.0. The lowest BCUT2D eigenvalue weighted by Gasteiger charge is -2.25. The fourth-order valence-corrected chi connectivity index (χ4v) is 2.33. The molecule has 1 aromatic rings. The second-order valence-corrected chi connectivity index (χ2v) is 5.19. The Bertz CT molecular complexity index is 422. The molecular formula is C13H21N5O. The maximum absolute atomic E-state index is 12.2. The number of hydrogen-bond donors (Lipinski definition) is 0. The Morgan fingerprint density at radius 1 is 1.26 bits per heavy atom. The fourth-order valence-electron chi connectivity index (χ4n) is 2.33. The number of hydrogen-bond acceptors (Lipinski definition) is 5. The number of anilines is 1. The van der Waals surface area contributed by atoms with Crippen molar-refractivity contribution in [3.8, 4) is 0 Å². The van der Waals surface area contributed by atoms with Crippen LogP contribution in [-0.4, -0.2) is 73.0 Å². The minimum atomic E-state index is -0.0358. The second-order valence-electron chi connectivity index (χ2n) is 5.19. The zero-order valence-corrected chi connectivity index (χ0v) is 11.8. The molecule has 0 radical (unpaired) electrons. The molecule has 6 nitrogen and oxygen atoms in total. The Morgan fingerprint density at radius 2 is 1.95 bits per heavy atom. The number of rotatable bonds is 2. The Morgan fingerprint density at radius 3 is 2.58 bits per heavy atom. The summed E-state index contributed by atoms with van der Waals surface area (Å²) in [7, 11) is 5.65. The molecule has 6 heteroatoms. The molecule has 0 saturated carbocycles. The van der Waals surface area contributed by atoms with Crippen molar-refractivity contribution in [3.05, 3.63) is 18.5 Å². The molecular weight excluding hydrogens is 242 g/mol.